The normalized spacial score (nSPS) is 28.4. The third-order valence-electron chi connectivity index (χ3n) is 4.51. The maximum atomic E-state index is 12.8. The molecule has 4 heteroatoms. The number of nitrogens with zero attached hydrogens (tertiary/aromatic N) is 3. The van der Waals surface area contributed by atoms with Crippen molar-refractivity contribution in [1.82, 2.24) is 0 Å². The Morgan fingerprint density at radius 2 is 1.95 bits per heavy atom. The molecular weight excluding hydrogens is 250 g/mol. The van der Waals surface area contributed by atoms with Crippen LogP contribution in [0.5, 0.6) is 0 Å². The van der Waals surface area contributed by atoms with E-state index in [2.05, 4.69) is 17.9 Å². The van der Waals surface area contributed by atoms with E-state index in [-0.39, 0.29) is 5.91 Å². The summed E-state index contributed by atoms with van der Waals surface area (Å²) < 4.78 is 0. The maximum Gasteiger partial charge on any atom is 0.247 e. The summed E-state index contributed by atoms with van der Waals surface area (Å²) in [5.74, 6) is 0.458. The molecule has 0 aromatic heterocycles. The van der Waals surface area contributed by atoms with Gasteiger partial charge in [-0.1, -0.05) is 19.1 Å². The van der Waals surface area contributed by atoms with Crippen LogP contribution < -0.4 is 9.80 Å². The topological polar surface area (TPSA) is 47.3 Å². The van der Waals surface area contributed by atoms with Gasteiger partial charge in [0.1, 0.15) is 5.41 Å². The van der Waals surface area contributed by atoms with E-state index < -0.39 is 5.41 Å². The predicted molar refractivity (Wildman–Crippen MR) is 78.5 cm³/mol. The number of rotatable bonds is 1. The van der Waals surface area contributed by atoms with Gasteiger partial charge in [-0.2, -0.15) is 5.26 Å². The molecular formula is C16H19N3O. The molecule has 4 nitrogen and oxygen atoms in total. The molecule has 1 aromatic rings. The molecule has 1 fully saturated rings. The largest absolute Gasteiger partial charge is 0.371 e. The number of carbonyl (C=O) groups excluding carboxylic acids is 1. The molecule has 0 bridgehead atoms. The minimum Gasteiger partial charge on any atom is -0.371 e. The second kappa shape index (κ2) is 4.52. The van der Waals surface area contributed by atoms with Gasteiger partial charge in [0.05, 0.1) is 17.4 Å². The number of hydrogen-bond donors (Lipinski definition) is 0. The Labute approximate surface area is 119 Å². The van der Waals surface area contributed by atoms with Gasteiger partial charge in [0.2, 0.25) is 5.91 Å². The summed E-state index contributed by atoms with van der Waals surface area (Å²) in [6.45, 7) is 3.56. The third-order valence-corrected chi connectivity index (χ3v) is 4.51. The number of fused-ring (bicyclic) bond motifs is 1. The smallest absolute Gasteiger partial charge is 0.247 e. The van der Waals surface area contributed by atoms with Gasteiger partial charge in [-0.3, -0.25) is 4.79 Å². The van der Waals surface area contributed by atoms with E-state index in [0.29, 0.717) is 25.3 Å². The van der Waals surface area contributed by atoms with Crippen molar-refractivity contribution in [2.45, 2.75) is 19.8 Å². The zero-order chi connectivity index (χ0) is 14.3. The van der Waals surface area contributed by atoms with Crippen molar-refractivity contribution in [3.63, 3.8) is 0 Å². The van der Waals surface area contributed by atoms with E-state index in [1.165, 1.54) is 0 Å². The summed E-state index contributed by atoms with van der Waals surface area (Å²) in [4.78, 5) is 16.8. The number of anilines is 2. The summed E-state index contributed by atoms with van der Waals surface area (Å²) in [5.41, 5.74) is 1.20. The number of carbonyl (C=O) groups is 1. The van der Waals surface area contributed by atoms with E-state index >= 15 is 0 Å². The molecule has 1 aromatic carbocycles. The first-order valence-corrected chi connectivity index (χ1v) is 7.11. The minimum atomic E-state index is -0.789. The van der Waals surface area contributed by atoms with Gasteiger partial charge in [-0.25, -0.2) is 0 Å². The highest BCUT2D eigenvalue weighted by Crippen LogP contribution is 2.47. The van der Waals surface area contributed by atoms with Crippen LogP contribution in [-0.4, -0.2) is 26.0 Å². The highest BCUT2D eigenvalue weighted by molar-refractivity contribution is 6.03. The Morgan fingerprint density at radius 3 is 2.55 bits per heavy atom. The van der Waals surface area contributed by atoms with Gasteiger partial charge in [0.15, 0.2) is 0 Å². The molecule has 20 heavy (non-hydrogen) atoms. The van der Waals surface area contributed by atoms with E-state index in [1.807, 2.05) is 36.2 Å². The van der Waals surface area contributed by atoms with Crippen LogP contribution in [0.4, 0.5) is 11.4 Å². The first-order valence-electron chi connectivity index (χ1n) is 7.11. The second-order valence-electron chi connectivity index (χ2n) is 6.07. The summed E-state index contributed by atoms with van der Waals surface area (Å²) >= 11 is 0. The third kappa shape index (κ3) is 1.77. The van der Waals surface area contributed by atoms with Crippen LogP contribution in [0.2, 0.25) is 0 Å². The molecule has 1 aliphatic heterocycles. The van der Waals surface area contributed by atoms with E-state index in [4.69, 9.17) is 0 Å². The zero-order valence-corrected chi connectivity index (χ0v) is 12.0. The van der Waals surface area contributed by atoms with Crippen molar-refractivity contribution >= 4 is 17.3 Å². The molecule has 0 atom stereocenters. The monoisotopic (exact) mass is 269 g/mol. The van der Waals surface area contributed by atoms with Gasteiger partial charge < -0.3 is 9.80 Å². The van der Waals surface area contributed by atoms with Gasteiger partial charge in [0.25, 0.3) is 0 Å². The molecule has 0 unspecified atom stereocenters. The van der Waals surface area contributed by atoms with Gasteiger partial charge in [-0.15, -0.1) is 0 Å². The van der Waals surface area contributed by atoms with E-state index in [1.54, 1.807) is 0 Å². The lowest BCUT2D eigenvalue weighted by Crippen LogP contribution is -2.53. The zero-order valence-electron chi connectivity index (χ0n) is 12.0. The Morgan fingerprint density at radius 1 is 1.30 bits per heavy atom. The lowest BCUT2D eigenvalue weighted by Gasteiger charge is -2.44. The second-order valence-corrected chi connectivity index (χ2v) is 6.07. The molecule has 1 amide bonds. The standard InChI is InChI=1S/C16H19N3O/c1-12-9-16(10-12,11-17)15(20)19-8-7-18(2)13-5-3-4-6-14(13)19/h3-6,12H,7-10H2,1-2H3. The molecule has 2 aliphatic rings. The molecule has 0 N–H and O–H groups in total. The highest BCUT2D eigenvalue weighted by Gasteiger charge is 2.51. The molecule has 1 saturated carbocycles. The molecule has 0 saturated heterocycles. The lowest BCUT2D eigenvalue weighted by molar-refractivity contribution is -0.131. The number of benzene rings is 1. The van der Waals surface area contributed by atoms with Crippen molar-refractivity contribution < 1.29 is 4.79 Å². The number of hydrogen-bond acceptors (Lipinski definition) is 3. The number of likely N-dealkylation sites (N-methyl/N-ethyl adjacent to an activating group) is 1. The van der Waals surface area contributed by atoms with Crippen molar-refractivity contribution in [2.24, 2.45) is 11.3 Å². The highest BCUT2D eigenvalue weighted by atomic mass is 16.2. The van der Waals surface area contributed by atoms with Crippen LogP contribution in [-0.2, 0) is 4.79 Å². The van der Waals surface area contributed by atoms with Crippen molar-refractivity contribution in [3.05, 3.63) is 24.3 Å². The predicted octanol–water partition coefficient (Wildman–Crippen LogP) is 2.41. The average molecular weight is 269 g/mol. The van der Waals surface area contributed by atoms with Crippen LogP contribution in [0, 0.1) is 22.7 Å². The summed E-state index contributed by atoms with van der Waals surface area (Å²) in [6.07, 6.45) is 1.38. The Hall–Kier alpha value is -2.02. The lowest BCUT2D eigenvalue weighted by atomic mass is 9.62. The molecule has 0 radical (unpaired) electrons. The maximum absolute atomic E-state index is 12.8. The summed E-state index contributed by atoms with van der Waals surface area (Å²) in [5, 5.41) is 9.45. The summed E-state index contributed by atoms with van der Waals surface area (Å²) in [7, 11) is 2.03. The van der Waals surface area contributed by atoms with Crippen LogP contribution >= 0.6 is 0 Å². The number of para-hydroxylation sites is 2. The van der Waals surface area contributed by atoms with Crippen molar-refractivity contribution in [1.29, 1.82) is 5.26 Å². The van der Waals surface area contributed by atoms with Gasteiger partial charge in [-0.05, 0) is 30.9 Å². The van der Waals surface area contributed by atoms with Crippen LogP contribution in [0.15, 0.2) is 24.3 Å². The van der Waals surface area contributed by atoms with E-state index in [0.717, 1.165) is 17.9 Å². The van der Waals surface area contributed by atoms with E-state index in [9.17, 15) is 10.1 Å². The number of nitriles is 1. The quantitative estimate of drug-likeness (QED) is 0.786. The van der Waals surface area contributed by atoms with Gasteiger partial charge >= 0.3 is 0 Å². The Kier molecular flexibility index (Phi) is 2.93. The fourth-order valence-electron chi connectivity index (χ4n) is 3.42. The van der Waals surface area contributed by atoms with Crippen molar-refractivity contribution in [3.8, 4) is 6.07 Å². The first-order chi connectivity index (χ1) is 9.57. The first kappa shape index (κ1) is 13.0. The van der Waals surface area contributed by atoms with Gasteiger partial charge in [0, 0.05) is 20.1 Å². The van der Waals surface area contributed by atoms with Crippen LogP contribution in [0.3, 0.4) is 0 Å². The summed E-state index contributed by atoms with van der Waals surface area (Å²) in [6, 6.07) is 10.2. The van der Waals surface area contributed by atoms with Crippen LogP contribution in [0.25, 0.3) is 0 Å². The number of amides is 1. The molecule has 1 aliphatic carbocycles. The molecule has 1 heterocycles. The Bertz CT molecular complexity index is 584. The fraction of sp³-hybridized carbons (Fsp3) is 0.500. The minimum absolute atomic E-state index is 0.0151. The SMILES string of the molecule is CC1CC(C#N)(C(=O)N2CCN(C)c3ccccc32)C1. The Balaban J connectivity index is 1.94. The van der Waals surface area contributed by atoms with Crippen molar-refractivity contribution in [2.75, 3.05) is 29.9 Å². The average Bonchev–Trinajstić information content (AvgIpc) is 2.44. The molecule has 104 valence electrons. The van der Waals surface area contributed by atoms with Crippen LogP contribution in [0.1, 0.15) is 19.8 Å². The fourth-order valence-corrected chi connectivity index (χ4v) is 3.42. The molecule has 3 rings (SSSR count). The molecule has 0 spiro atoms.